The van der Waals surface area contributed by atoms with Crippen LogP contribution in [-0.2, 0) is 0 Å². The Balaban J connectivity index is 1.65. The number of halogens is 2. The van der Waals surface area contributed by atoms with Gasteiger partial charge in [-0.05, 0) is 43.5 Å². The van der Waals surface area contributed by atoms with E-state index in [1.807, 2.05) is 18.2 Å². The number of nitrogens with zero attached hydrogens (tertiary/aromatic N) is 3. The summed E-state index contributed by atoms with van der Waals surface area (Å²) in [4.78, 5) is 11.2. The van der Waals surface area contributed by atoms with E-state index in [1.165, 1.54) is 31.4 Å². The van der Waals surface area contributed by atoms with E-state index in [-0.39, 0.29) is 5.82 Å². The Morgan fingerprint density at radius 3 is 2.56 bits per heavy atom. The van der Waals surface area contributed by atoms with Gasteiger partial charge in [0.15, 0.2) is 5.82 Å². The molecule has 2 aromatic carbocycles. The molecule has 3 aromatic rings. The molecule has 1 fully saturated rings. The van der Waals surface area contributed by atoms with Crippen molar-refractivity contribution >= 4 is 28.8 Å². The summed E-state index contributed by atoms with van der Waals surface area (Å²) in [6, 6.07) is 16.0. The first kappa shape index (κ1) is 17.7. The van der Waals surface area contributed by atoms with Crippen molar-refractivity contribution in [3.8, 4) is 11.4 Å². The second-order valence-corrected chi connectivity index (χ2v) is 6.99. The maximum atomic E-state index is 13.5. The number of anilines is 3. The molecule has 1 aromatic heterocycles. The van der Waals surface area contributed by atoms with E-state index in [1.54, 1.807) is 18.2 Å². The molecule has 6 heteroatoms. The van der Waals surface area contributed by atoms with Gasteiger partial charge in [-0.25, -0.2) is 14.4 Å². The lowest BCUT2D eigenvalue weighted by Gasteiger charge is -2.30. The maximum Gasteiger partial charge on any atom is 0.163 e. The van der Waals surface area contributed by atoms with Crippen LogP contribution < -0.4 is 10.2 Å². The Morgan fingerprint density at radius 1 is 0.926 bits per heavy atom. The van der Waals surface area contributed by atoms with E-state index in [9.17, 15) is 4.39 Å². The van der Waals surface area contributed by atoms with Gasteiger partial charge >= 0.3 is 0 Å². The molecule has 0 aliphatic carbocycles. The predicted molar refractivity (Wildman–Crippen MR) is 108 cm³/mol. The zero-order valence-corrected chi connectivity index (χ0v) is 15.6. The molecule has 0 saturated carbocycles. The number of hydrogen-bond acceptors (Lipinski definition) is 4. The summed E-state index contributed by atoms with van der Waals surface area (Å²) in [7, 11) is 0. The third-order valence-electron chi connectivity index (χ3n) is 4.64. The van der Waals surface area contributed by atoms with Crippen molar-refractivity contribution in [2.45, 2.75) is 19.3 Å². The Labute approximate surface area is 163 Å². The Hall–Kier alpha value is -2.66. The highest BCUT2D eigenvalue weighted by Gasteiger charge is 2.15. The molecule has 0 bridgehead atoms. The summed E-state index contributed by atoms with van der Waals surface area (Å²) in [5.41, 5.74) is 2.71. The third kappa shape index (κ3) is 4.19. The molecule has 0 atom stereocenters. The van der Waals surface area contributed by atoms with Gasteiger partial charge in [-0.2, -0.15) is 0 Å². The lowest BCUT2D eigenvalue weighted by atomic mass is 10.1. The minimum atomic E-state index is -0.332. The summed E-state index contributed by atoms with van der Waals surface area (Å²) in [6.45, 7) is 2.11. The monoisotopic (exact) mass is 382 g/mol. The minimum Gasteiger partial charge on any atom is -0.370 e. The smallest absolute Gasteiger partial charge is 0.163 e. The first-order valence-corrected chi connectivity index (χ1v) is 9.48. The van der Waals surface area contributed by atoms with Crippen LogP contribution in [0.3, 0.4) is 0 Å². The molecule has 138 valence electrons. The van der Waals surface area contributed by atoms with Crippen LogP contribution in [0.5, 0.6) is 0 Å². The number of hydrogen-bond donors (Lipinski definition) is 1. The average molecular weight is 383 g/mol. The number of piperidine rings is 1. The summed E-state index contributed by atoms with van der Waals surface area (Å²) in [6.07, 6.45) is 3.69. The zero-order chi connectivity index (χ0) is 18.6. The van der Waals surface area contributed by atoms with E-state index < -0.39 is 0 Å². The van der Waals surface area contributed by atoms with Gasteiger partial charge in [0.25, 0.3) is 0 Å². The van der Waals surface area contributed by atoms with Gasteiger partial charge < -0.3 is 10.2 Å². The lowest BCUT2D eigenvalue weighted by molar-refractivity contribution is 0.578. The van der Waals surface area contributed by atoms with Gasteiger partial charge in [0, 0.05) is 24.7 Å². The molecule has 1 aliphatic heterocycles. The number of rotatable bonds is 4. The summed E-state index contributed by atoms with van der Waals surface area (Å²) >= 11 is 6.20. The van der Waals surface area contributed by atoms with Crippen LogP contribution in [0.4, 0.5) is 21.6 Å². The van der Waals surface area contributed by atoms with Crippen molar-refractivity contribution < 1.29 is 4.39 Å². The number of para-hydroxylation sites is 2. The molecule has 1 saturated heterocycles. The van der Waals surface area contributed by atoms with Crippen molar-refractivity contribution in [3.05, 3.63) is 65.6 Å². The molecule has 27 heavy (non-hydrogen) atoms. The highest BCUT2D eigenvalue weighted by molar-refractivity contribution is 6.29. The first-order valence-electron chi connectivity index (χ1n) is 9.10. The largest absolute Gasteiger partial charge is 0.370 e. The fraction of sp³-hybridized carbons (Fsp3) is 0.238. The Kier molecular flexibility index (Phi) is 5.21. The second-order valence-electron chi connectivity index (χ2n) is 6.60. The fourth-order valence-electron chi connectivity index (χ4n) is 3.37. The second kappa shape index (κ2) is 7.92. The van der Waals surface area contributed by atoms with Crippen LogP contribution in [0.25, 0.3) is 11.4 Å². The molecule has 0 radical (unpaired) electrons. The number of nitrogens with one attached hydrogen (secondary N) is 1. The molecule has 4 nitrogen and oxygen atoms in total. The third-order valence-corrected chi connectivity index (χ3v) is 4.83. The van der Waals surface area contributed by atoms with Crippen molar-refractivity contribution in [2.75, 3.05) is 23.3 Å². The van der Waals surface area contributed by atoms with Crippen LogP contribution in [0.15, 0.2) is 54.6 Å². The summed E-state index contributed by atoms with van der Waals surface area (Å²) in [5, 5.41) is 3.67. The quantitative estimate of drug-likeness (QED) is 0.590. The minimum absolute atomic E-state index is 0.308. The molecule has 0 amide bonds. The SMILES string of the molecule is Fc1cccc(-c2nc(Cl)cc(Nc3ccccc3N3CCCCC3)n2)c1. The average Bonchev–Trinajstić information content (AvgIpc) is 2.69. The topological polar surface area (TPSA) is 41.1 Å². The molecule has 2 heterocycles. The van der Waals surface area contributed by atoms with E-state index in [4.69, 9.17) is 11.6 Å². The molecule has 1 aliphatic rings. The van der Waals surface area contributed by atoms with Crippen molar-refractivity contribution in [3.63, 3.8) is 0 Å². The summed E-state index contributed by atoms with van der Waals surface area (Å²) < 4.78 is 13.5. The highest BCUT2D eigenvalue weighted by Crippen LogP contribution is 2.31. The standard InChI is InChI=1S/C21H20ClFN4/c22-19-14-20(26-21(25-19)15-7-6-8-16(23)13-15)24-17-9-2-3-10-18(17)27-11-4-1-5-12-27/h2-3,6-10,13-14H,1,4-5,11-12H2,(H,24,25,26). The number of benzene rings is 2. The maximum absolute atomic E-state index is 13.5. The van der Waals surface area contributed by atoms with Gasteiger partial charge in [0.1, 0.15) is 16.8 Å². The molecule has 0 spiro atoms. The van der Waals surface area contributed by atoms with Gasteiger partial charge in [-0.15, -0.1) is 0 Å². The molecule has 0 unspecified atom stereocenters. The van der Waals surface area contributed by atoms with E-state index in [2.05, 4.69) is 26.3 Å². The molecular formula is C21H20ClFN4. The van der Waals surface area contributed by atoms with Crippen LogP contribution in [0, 0.1) is 5.82 Å². The Morgan fingerprint density at radius 2 is 1.74 bits per heavy atom. The van der Waals surface area contributed by atoms with Gasteiger partial charge in [-0.3, -0.25) is 0 Å². The lowest BCUT2D eigenvalue weighted by Crippen LogP contribution is -2.29. The van der Waals surface area contributed by atoms with Gasteiger partial charge in [0.05, 0.1) is 11.4 Å². The van der Waals surface area contributed by atoms with Crippen LogP contribution in [0.1, 0.15) is 19.3 Å². The molecule has 4 rings (SSSR count). The van der Waals surface area contributed by atoms with Crippen LogP contribution >= 0.6 is 11.6 Å². The van der Waals surface area contributed by atoms with Gasteiger partial charge in [-0.1, -0.05) is 35.9 Å². The fourth-order valence-corrected chi connectivity index (χ4v) is 3.55. The van der Waals surface area contributed by atoms with Gasteiger partial charge in [0.2, 0.25) is 0 Å². The molecule has 1 N–H and O–H groups in total. The van der Waals surface area contributed by atoms with Crippen molar-refractivity contribution in [1.82, 2.24) is 9.97 Å². The van der Waals surface area contributed by atoms with E-state index in [0.717, 1.165) is 24.5 Å². The number of aromatic nitrogens is 2. The zero-order valence-electron chi connectivity index (χ0n) is 14.8. The van der Waals surface area contributed by atoms with Crippen LogP contribution in [-0.4, -0.2) is 23.1 Å². The Bertz CT molecular complexity index is 941. The summed E-state index contributed by atoms with van der Waals surface area (Å²) in [5.74, 6) is 0.639. The normalized spacial score (nSPS) is 14.2. The van der Waals surface area contributed by atoms with E-state index in [0.29, 0.717) is 22.4 Å². The predicted octanol–water partition coefficient (Wildman–Crippen LogP) is 5.67. The van der Waals surface area contributed by atoms with Crippen LogP contribution in [0.2, 0.25) is 5.15 Å². The highest BCUT2D eigenvalue weighted by atomic mass is 35.5. The van der Waals surface area contributed by atoms with Crippen molar-refractivity contribution in [1.29, 1.82) is 0 Å². The first-order chi connectivity index (χ1) is 13.2. The molecular weight excluding hydrogens is 363 g/mol. The van der Waals surface area contributed by atoms with E-state index >= 15 is 0 Å². The van der Waals surface area contributed by atoms with Crippen molar-refractivity contribution in [2.24, 2.45) is 0 Å².